The molecule has 1 aliphatic heterocycles. The molecule has 2 heterocycles. The highest BCUT2D eigenvalue weighted by atomic mass is 19.4. The Morgan fingerprint density at radius 2 is 2.00 bits per heavy atom. The fourth-order valence-electron chi connectivity index (χ4n) is 4.91. The average Bonchev–Trinajstić information content (AvgIpc) is 3.48. The first-order chi connectivity index (χ1) is 16.8. The van der Waals surface area contributed by atoms with E-state index >= 15 is 0 Å². The number of alkyl halides is 3. The van der Waals surface area contributed by atoms with Gasteiger partial charge in [0.1, 0.15) is 11.8 Å². The maximum Gasteiger partial charge on any atom is 0.419 e. The summed E-state index contributed by atoms with van der Waals surface area (Å²) in [5.74, 6) is 0.0345. The van der Waals surface area contributed by atoms with Crippen molar-refractivity contribution in [1.29, 1.82) is 0 Å². The van der Waals surface area contributed by atoms with Crippen molar-refractivity contribution >= 4 is 5.96 Å². The lowest BCUT2D eigenvalue weighted by Crippen LogP contribution is -2.38. The van der Waals surface area contributed by atoms with Crippen LogP contribution in [-0.2, 0) is 6.18 Å². The predicted molar refractivity (Wildman–Crippen MR) is 120 cm³/mol. The summed E-state index contributed by atoms with van der Waals surface area (Å²) in [6.45, 7) is 0.499. The summed E-state index contributed by atoms with van der Waals surface area (Å²) in [5.41, 5.74) is 4.82. The number of rotatable bonds is 7. The van der Waals surface area contributed by atoms with E-state index in [1.54, 1.807) is 0 Å². The Balaban J connectivity index is 1.48. The lowest BCUT2D eigenvalue weighted by Gasteiger charge is -2.22. The van der Waals surface area contributed by atoms with Crippen LogP contribution < -0.4 is 10.5 Å². The van der Waals surface area contributed by atoms with Crippen molar-refractivity contribution in [2.45, 2.75) is 69.7 Å². The third-order valence-electron chi connectivity index (χ3n) is 6.74. The van der Waals surface area contributed by atoms with Gasteiger partial charge in [-0.15, -0.1) is 0 Å². The molecule has 1 aromatic carbocycles. The molecule has 2 aliphatic rings. The first kappa shape index (κ1) is 25.1. The fourth-order valence-corrected chi connectivity index (χ4v) is 4.91. The van der Waals surface area contributed by atoms with Crippen molar-refractivity contribution in [2.24, 2.45) is 16.8 Å². The van der Waals surface area contributed by atoms with Crippen LogP contribution in [0.25, 0.3) is 11.4 Å². The number of hydrogen-bond acceptors (Lipinski definition) is 7. The van der Waals surface area contributed by atoms with Gasteiger partial charge in [0.25, 0.3) is 5.89 Å². The van der Waals surface area contributed by atoms with Crippen LogP contribution in [0, 0.1) is 5.92 Å². The maximum atomic E-state index is 13.8. The number of likely N-dealkylation sites (tertiary alicyclic amines) is 1. The molecule has 0 radical (unpaired) electrons. The Labute approximate surface area is 200 Å². The van der Waals surface area contributed by atoms with Gasteiger partial charge >= 0.3 is 6.18 Å². The molecule has 4 N–H and O–H groups in total. The minimum absolute atomic E-state index is 0.0480. The second kappa shape index (κ2) is 10.7. The molecule has 2 aromatic rings. The first-order valence-electron chi connectivity index (χ1n) is 11.9. The van der Waals surface area contributed by atoms with Gasteiger partial charge in [0.15, 0.2) is 0 Å². The lowest BCUT2D eigenvalue weighted by molar-refractivity contribution is -0.138. The van der Waals surface area contributed by atoms with E-state index in [0.717, 1.165) is 12.5 Å². The molecule has 1 aromatic heterocycles. The van der Waals surface area contributed by atoms with Crippen LogP contribution in [0.3, 0.4) is 0 Å². The number of aliphatic hydroxyl groups is 1. The largest absolute Gasteiger partial charge is 0.493 e. The molecule has 192 valence electrons. The van der Waals surface area contributed by atoms with E-state index in [1.807, 2.05) is 0 Å². The minimum Gasteiger partial charge on any atom is -0.493 e. The molecule has 2 atom stereocenters. The molecule has 0 amide bonds. The normalized spacial score (nSPS) is 22.1. The summed E-state index contributed by atoms with van der Waals surface area (Å²) in [6, 6.07) is 2.76. The van der Waals surface area contributed by atoms with Crippen molar-refractivity contribution in [3.63, 3.8) is 0 Å². The highest BCUT2D eigenvalue weighted by Gasteiger charge is 2.40. The van der Waals surface area contributed by atoms with Gasteiger partial charge < -0.3 is 30.2 Å². The maximum absolute atomic E-state index is 13.8. The van der Waals surface area contributed by atoms with Crippen LogP contribution >= 0.6 is 0 Å². The zero-order valence-corrected chi connectivity index (χ0v) is 19.2. The van der Waals surface area contributed by atoms with Crippen molar-refractivity contribution < 1.29 is 32.7 Å². The van der Waals surface area contributed by atoms with Gasteiger partial charge in [-0.1, -0.05) is 42.4 Å². The molecule has 0 bridgehead atoms. The molecule has 9 nitrogen and oxygen atoms in total. The Hall–Kier alpha value is -3.02. The van der Waals surface area contributed by atoms with E-state index < -0.39 is 23.9 Å². The van der Waals surface area contributed by atoms with Gasteiger partial charge in [-0.2, -0.15) is 18.2 Å². The van der Waals surface area contributed by atoms with Crippen LogP contribution in [0.5, 0.6) is 5.75 Å². The number of oxime groups is 1. The highest BCUT2D eigenvalue weighted by molar-refractivity contribution is 5.78. The topological polar surface area (TPSA) is 130 Å². The van der Waals surface area contributed by atoms with Crippen molar-refractivity contribution in [3.8, 4) is 17.1 Å². The van der Waals surface area contributed by atoms with Gasteiger partial charge in [-0.05, 0) is 43.4 Å². The van der Waals surface area contributed by atoms with E-state index in [1.165, 1.54) is 49.1 Å². The predicted octanol–water partition coefficient (Wildman–Crippen LogP) is 4.31. The highest BCUT2D eigenvalue weighted by Crippen LogP contribution is 2.39. The van der Waals surface area contributed by atoms with Gasteiger partial charge in [0.05, 0.1) is 18.3 Å². The summed E-state index contributed by atoms with van der Waals surface area (Å²) in [4.78, 5) is 5.56. The Morgan fingerprint density at radius 1 is 1.23 bits per heavy atom. The average molecular weight is 498 g/mol. The van der Waals surface area contributed by atoms with Crippen LogP contribution in [0.4, 0.5) is 13.2 Å². The Morgan fingerprint density at radius 3 is 2.71 bits per heavy atom. The molecule has 35 heavy (non-hydrogen) atoms. The summed E-state index contributed by atoms with van der Waals surface area (Å²) >= 11 is 0. The second-order valence-electron chi connectivity index (χ2n) is 9.11. The number of guanidine groups is 1. The summed E-state index contributed by atoms with van der Waals surface area (Å²) < 4.78 is 52.1. The fraction of sp³-hybridized carbons (Fsp3) is 0.609. The van der Waals surface area contributed by atoms with E-state index in [0.29, 0.717) is 18.8 Å². The van der Waals surface area contributed by atoms with Crippen LogP contribution in [-0.4, -0.2) is 50.6 Å². The van der Waals surface area contributed by atoms with Crippen LogP contribution in [0.1, 0.15) is 68.9 Å². The van der Waals surface area contributed by atoms with Crippen LogP contribution in [0.2, 0.25) is 0 Å². The number of nitrogens with zero attached hydrogens (tertiary/aromatic N) is 4. The molecule has 1 saturated carbocycles. The molecular formula is C23H30F3N5O4. The number of ether oxygens (including phenoxy) is 1. The van der Waals surface area contributed by atoms with E-state index in [2.05, 4.69) is 15.3 Å². The van der Waals surface area contributed by atoms with E-state index in [4.69, 9.17) is 20.2 Å². The number of nitrogens with two attached hydrogens (primary N) is 1. The lowest BCUT2D eigenvalue weighted by atomic mass is 9.86. The quantitative estimate of drug-likeness (QED) is 0.170. The van der Waals surface area contributed by atoms with Crippen molar-refractivity contribution in [2.75, 3.05) is 13.2 Å². The molecule has 2 fully saturated rings. The molecule has 0 spiro atoms. The summed E-state index contributed by atoms with van der Waals surface area (Å²) in [5, 5.41) is 26.0. The summed E-state index contributed by atoms with van der Waals surface area (Å²) in [6.07, 6.45) is 2.49. The van der Waals surface area contributed by atoms with Crippen LogP contribution in [0.15, 0.2) is 27.9 Å². The van der Waals surface area contributed by atoms with Crippen molar-refractivity contribution in [1.82, 2.24) is 15.0 Å². The van der Waals surface area contributed by atoms with Crippen molar-refractivity contribution in [3.05, 3.63) is 29.7 Å². The number of aliphatic hydroxyl groups excluding tert-OH is 1. The molecule has 0 unspecified atom stereocenters. The Bertz CT molecular complexity index is 1020. The number of aromatic nitrogens is 2. The molecule has 12 heteroatoms. The van der Waals surface area contributed by atoms with E-state index in [9.17, 15) is 18.3 Å². The molecular weight excluding hydrogens is 467 g/mol. The number of benzene rings is 1. The standard InChI is InChI=1S/C23H30F3N5O4/c24-23(25,26)16-13-15(8-9-18(16)34-12-4-7-14-5-2-1-3-6-14)20-28-21(35-30-20)19-17(32)10-11-31(19)22(27)29-33/h8-9,13-14,17,19,32-33H,1-7,10-12H2,(H2,27,29)/t17-,19-/m0/s1. The Kier molecular flexibility index (Phi) is 7.68. The van der Waals surface area contributed by atoms with Gasteiger partial charge in [0, 0.05) is 12.1 Å². The summed E-state index contributed by atoms with van der Waals surface area (Å²) in [7, 11) is 0. The van der Waals surface area contributed by atoms with Gasteiger partial charge in [-0.25, -0.2) is 0 Å². The molecule has 1 saturated heterocycles. The van der Waals surface area contributed by atoms with Gasteiger partial charge in [0.2, 0.25) is 11.8 Å². The smallest absolute Gasteiger partial charge is 0.419 e. The van der Waals surface area contributed by atoms with Gasteiger partial charge in [-0.3, -0.25) is 0 Å². The monoisotopic (exact) mass is 497 g/mol. The second-order valence-corrected chi connectivity index (χ2v) is 9.11. The first-order valence-corrected chi connectivity index (χ1v) is 11.9. The molecule has 4 rings (SSSR count). The minimum atomic E-state index is -4.63. The SMILES string of the molecule is N/C(=N/O)N1CC[C@H](O)[C@H]1c1nc(-c2ccc(OCCCC3CCCCC3)c(C(F)(F)F)c2)no1. The number of hydrogen-bond donors (Lipinski definition) is 3. The third-order valence-corrected chi connectivity index (χ3v) is 6.74. The van der Waals surface area contributed by atoms with E-state index in [-0.39, 0.29) is 42.1 Å². The third kappa shape index (κ3) is 5.80. The zero-order chi connectivity index (χ0) is 25.0. The zero-order valence-electron chi connectivity index (χ0n) is 19.2. The molecule has 1 aliphatic carbocycles. The number of halogens is 3.